The van der Waals surface area contributed by atoms with E-state index in [9.17, 15) is 0 Å². The lowest BCUT2D eigenvalue weighted by Crippen LogP contribution is -2.24. The van der Waals surface area contributed by atoms with E-state index in [1.54, 1.807) is 7.11 Å². The van der Waals surface area contributed by atoms with Crippen molar-refractivity contribution in [3.8, 4) is 5.88 Å². The maximum atomic E-state index is 5.17. The molecule has 1 heterocycles. The first-order chi connectivity index (χ1) is 9.35. The van der Waals surface area contributed by atoms with Crippen LogP contribution < -0.4 is 10.1 Å². The number of aromatic nitrogens is 2. The van der Waals surface area contributed by atoms with Gasteiger partial charge in [-0.3, -0.25) is 0 Å². The maximum absolute atomic E-state index is 5.17. The first kappa shape index (κ1) is 13.5. The zero-order valence-corrected chi connectivity index (χ0v) is 11.3. The van der Waals surface area contributed by atoms with Crippen LogP contribution in [0.5, 0.6) is 5.88 Å². The summed E-state index contributed by atoms with van der Waals surface area (Å²) in [6.45, 7) is 3.08. The molecule has 1 atom stereocenters. The SMILES string of the molecule is CCCNC(c1ccccc1)c1cc(OC)ncn1. The summed E-state index contributed by atoms with van der Waals surface area (Å²) in [4.78, 5) is 8.42. The monoisotopic (exact) mass is 257 g/mol. The quantitative estimate of drug-likeness (QED) is 0.864. The lowest BCUT2D eigenvalue weighted by atomic mass is 10.0. The fourth-order valence-corrected chi connectivity index (χ4v) is 1.95. The zero-order valence-electron chi connectivity index (χ0n) is 11.3. The minimum atomic E-state index is 0.0676. The average molecular weight is 257 g/mol. The number of methoxy groups -OCH3 is 1. The van der Waals surface area contributed by atoms with Gasteiger partial charge in [-0.05, 0) is 18.5 Å². The van der Waals surface area contributed by atoms with Crippen molar-refractivity contribution in [2.24, 2.45) is 0 Å². The van der Waals surface area contributed by atoms with Crippen LogP contribution in [0, 0.1) is 0 Å². The van der Waals surface area contributed by atoms with Gasteiger partial charge >= 0.3 is 0 Å². The molecule has 4 nitrogen and oxygen atoms in total. The molecule has 1 N–H and O–H groups in total. The van der Waals surface area contributed by atoms with E-state index in [1.165, 1.54) is 11.9 Å². The molecule has 0 amide bonds. The molecule has 1 aromatic heterocycles. The molecule has 0 fully saturated rings. The molecular formula is C15H19N3O. The maximum Gasteiger partial charge on any atom is 0.216 e. The van der Waals surface area contributed by atoms with E-state index < -0.39 is 0 Å². The first-order valence-corrected chi connectivity index (χ1v) is 6.49. The first-order valence-electron chi connectivity index (χ1n) is 6.49. The van der Waals surface area contributed by atoms with E-state index in [1.807, 2.05) is 24.3 Å². The van der Waals surface area contributed by atoms with Gasteiger partial charge in [0.1, 0.15) is 6.33 Å². The Morgan fingerprint density at radius 1 is 1.21 bits per heavy atom. The number of nitrogens with one attached hydrogen (secondary N) is 1. The Morgan fingerprint density at radius 2 is 2.00 bits per heavy atom. The summed E-state index contributed by atoms with van der Waals surface area (Å²) in [5.41, 5.74) is 2.11. The Kier molecular flexibility index (Phi) is 4.86. The predicted molar refractivity (Wildman–Crippen MR) is 75.2 cm³/mol. The number of hydrogen-bond donors (Lipinski definition) is 1. The van der Waals surface area contributed by atoms with Crippen LogP contribution in [0.4, 0.5) is 0 Å². The molecule has 0 aliphatic carbocycles. The summed E-state index contributed by atoms with van der Waals surface area (Å²) in [7, 11) is 1.61. The third-order valence-electron chi connectivity index (χ3n) is 2.90. The summed E-state index contributed by atoms with van der Waals surface area (Å²) in [5, 5.41) is 3.51. The van der Waals surface area contributed by atoms with E-state index in [4.69, 9.17) is 4.74 Å². The molecule has 2 aromatic rings. The van der Waals surface area contributed by atoms with Crippen LogP contribution in [0.3, 0.4) is 0 Å². The highest BCUT2D eigenvalue weighted by molar-refractivity contribution is 5.29. The number of nitrogens with zero attached hydrogens (tertiary/aromatic N) is 2. The lowest BCUT2D eigenvalue weighted by Gasteiger charge is -2.18. The van der Waals surface area contributed by atoms with Gasteiger partial charge in [0.05, 0.1) is 18.8 Å². The molecule has 0 radical (unpaired) electrons. The van der Waals surface area contributed by atoms with Crippen molar-refractivity contribution in [2.75, 3.05) is 13.7 Å². The van der Waals surface area contributed by atoms with Crippen LogP contribution in [0.15, 0.2) is 42.7 Å². The molecule has 2 rings (SSSR count). The van der Waals surface area contributed by atoms with Gasteiger partial charge in [-0.1, -0.05) is 37.3 Å². The highest BCUT2D eigenvalue weighted by Crippen LogP contribution is 2.21. The van der Waals surface area contributed by atoms with Crippen molar-refractivity contribution in [1.29, 1.82) is 0 Å². The molecule has 0 saturated heterocycles. The largest absolute Gasteiger partial charge is 0.481 e. The molecule has 1 unspecified atom stereocenters. The molecule has 4 heteroatoms. The molecule has 0 spiro atoms. The third-order valence-corrected chi connectivity index (χ3v) is 2.90. The van der Waals surface area contributed by atoms with E-state index in [0.29, 0.717) is 5.88 Å². The average Bonchev–Trinajstić information content (AvgIpc) is 2.49. The summed E-state index contributed by atoms with van der Waals surface area (Å²) in [6, 6.07) is 12.2. The molecule has 0 aliphatic rings. The Balaban J connectivity index is 2.31. The highest BCUT2D eigenvalue weighted by Gasteiger charge is 2.15. The smallest absolute Gasteiger partial charge is 0.216 e. The van der Waals surface area contributed by atoms with Gasteiger partial charge in [-0.25, -0.2) is 9.97 Å². The van der Waals surface area contributed by atoms with Crippen molar-refractivity contribution in [2.45, 2.75) is 19.4 Å². The molecule has 19 heavy (non-hydrogen) atoms. The van der Waals surface area contributed by atoms with E-state index in [2.05, 4.69) is 34.3 Å². The number of benzene rings is 1. The van der Waals surface area contributed by atoms with Crippen LogP contribution in [-0.4, -0.2) is 23.6 Å². The molecule has 0 aliphatic heterocycles. The molecule has 0 saturated carbocycles. The standard InChI is InChI=1S/C15H19N3O/c1-3-9-16-15(12-7-5-4-6-8-12)13-10-14(19-2)18-11-17-13/h4-8,10-11,15-16H,3,9H2,1-2H3. The topological polar surface area (TPSA) is 47.0 Å². The van der Waals surface area contributed by atoms with Crippen molar-refractivity contribution >= 4 is 0 Å². The second kappa shape index (κ2) is 6.85. The number of rotatable bonds is 6. The summed E-state index contributed by atoms with van der Waals surface area (Å²) in [5.74, 6) is 0.587. The molecule has 1 aromatic carbocycles. The van der Waals surface area contributed by atoms with Crippen molar-refractivity contribution in [3.05, 3.63) is 54.0 Å². The zero-order chi connectivity index (χ0) is 13.5. The van der Waals surface area contributed by atoms with E-state index in [0.717, 1.165) is 18.7 Å². The fourth-order valence-electron chi connectivity index (χ4n) is 1.95. The summed E-state index contributed by atoms with van der Waals surface area (Å²) < 4.78 is 5.17. The van der Waals surface area contributed by atoms with Gasteiger partial charge in [0.15, 0.2) is 0 Å². The van der Waals surface area contributed by atoms with Gasteiger partial charge in [0.2, 0.25) is 5.88 Å². The molecule has 100 valence electrons. The van der Waals surface area contributed by atoms with Crippen molar-refractivity contribution in [3.63, 3.8) is 0 Å². The van der Waals surface area contributed by atoms with Crippen molar-refractivity contribution < 1.29 is 4.74 Å². The highest BCUT2D eigenvalue weighted by atomic mass is 16.5. The Hall–Kier alpha value is -1.94. The fraction of sp³-hybridized carbons (Fsp3) is 0.333. The Morgan fingerprint density at radius 3 is 2.68 bits per heavy atom. The van der Waals surface area contributed by atoms with Gasteiger partial charge in [-0.15, -0.1) is 0 Å². The van der Waals surface area contributed by atoms with Crippen molar-refractivity contribution in [1.82, 2.24) is 15.3 Å². The minimum absolute atomic E-state index is 0.0676. The molecular weight excluding hydrogens is 238 g/mol. The van der Waals surface area contributed by atoms with Gasteiger partial charge in [0.25, 0.3) is 0 Å². The number of ether oxygens (including phenoxy) is 1. The summed E-state index contributed by atoms with van der Waals surface area (Å²) >= 11 is 0. The minimum Gasteiger partial charge on any atom is -0.481 e. The van der Waals surface area contributed by atoms with Gasteiger partial charge in [0, 0.05) is 6.07 Å². The van der Waals surface area contributed by atoms with Crippen LogP contribution in [0.1, 0.15) is 30.6 Å². The third kappa shape index (κ3) is 3.51. The van der Waals surface area contributed by atoms with Crippen LogP contribution in [0.2, 0.25) is 0 Å². The lowest BCUT2D eigenvalue weighted by molar-refractivity contribution is 0.394. The Bertz CT molecular complexity index is 502. The van der Waals surface area contributed by atoms with Gasteiger partial charge in [-0.2, -0.15) is 0 Å². The normalized spacial score (nSPS) is 12.1. The molecule has 0 bridgehead atoms. The van der Waals surface area contributed by atoms with E-state index in [-0.39, 0.29) is 6.04 Å². The van der Waals surface area contributed by atoms with E-state index >= 15 is 0 Å². The van der Waals surface area contributed by atoms with Crippen LogP contribution in [0.25, 0.3) is 0 Å². The second-order valence-electron chi connectivity index (χ2n) is 4.28. The Labute approximate surface area is 113 Å². The van der Waals surface area contributed by atoms with Gasteiger partial charge < -0.3 is 10.1 Å². The second-order valence-corrected chi connectivity index (χ2v) is 4.28. The predicted octanol–water partition coefficient (Wildman–Crippen LogP) is 2.57. The number of hydrogen-bond acceptors (Lipinski definition) is 4. The van der Waals surface area contributed by atoms with Crippen LogP contribution >= 0.6 is 0 Å². The summed E-state index contributed by atoms with van der Waals surface area (Å²) in [6.07, 6.45) is 2.61. The van der Waals surface area contributed by atoms with Crippen LogP contribution in [-0.2, 0) is 0 Å².